The van der Waals surface area contributed by atoms with Gasteiger partial charge in [-0.1, -0.05) is 30.3 Å². The van der Waals surface area contributed by atoms with Gasteiger partial charge in [0.05, 0.1) is 0 Å². The lowest BCUT2D eigenvalue weighted by atomic mass is 10.2. The Bertz CT molecular complexity index is 393. The van der Waals surface area contributed by atoms with Crippen molar-refractivity contribution in [1.82, 2.24) is 10.2 Å². The molecule has 1 amide bonds. The molecule has 20 heavy (non-hydrogen) atoms. The summed E-state index contributed by atoms with van der Waals surface area (Å²) in [5.41, 5.74) is 6.72. The minimum atomic E-state index is -0.572. The van der Waals surface area contributed by atoms with Gasteiger partial charge in [-0.15, -0.1) is 0 Å². The predicted octanol–water partition coefficient (Wildman–Crippen LogP) is 0.597. The monoisotopic (exact) mass is 279 g/mol. The first kappa shape index (κ1) is 16.6. The van der Waals surface area contributed by atoms with Crippen molar-refractivity contribution in [3.05, 3.63) is 35.9 Å². The molecule has 0 aromatic heterocycles. The van der Waals surface area contributed by atoms with Crippen molar-refractivity contribution < 1.29 is 9.53 Å². The van der Waals surface area contributed by atoms with Crippen LogP contribution >= 0.6 is 0 Å². The lowest BCUT2D eigenvalue weighted by molar-refractivity contribution is -0.131. The van der Waals surface area contributed by atoms with Crippen LogP contribution in [-0.4, -0.2) is 50.2 Å². The summed E-state index contributed by atoms with van der Waals surface area (Å²) in [6, 6.07) is 10.3. The van der Waals surface area contributed by atoms with Crippen molar-refractivity contribution in [3.8, 4) is 0 Å². The molecule has 1 aromatic carbocycles. The number of hydrogen-bond donors (Lipinski definition) is 2. The first-order valence-corrected chi connectivity index (χ1v) is 6.82. The van der Waals surface area contributed by atoms with Gasteiger partial charge >= 0.3 is 0 Å². The maximum absolute atomic E-state index is 11.8. The third-order valence-corrected chi connectivity index (χ3v) is 3.06. The fourth-order valence-corrected chi connectivity index (χ4v) is 2.12. The molecule has 0 spiro atoms. The summed E-state index contributed by atoms with van der Waals surface area (Å²) in [6.45, 7) is 3.78. The number of benzene rings is 1. The Labute approximate surface area is 121 Å². The summed E-state index contributed by atoms with van der Waals surface area (Å²) in [5, 5.41) is 2.91. The second kappa shape index (κ2) is 8.68. The number of hydrogen-bond acceptors (Lipinski definition) is 4. The molecule has 5 nitrogen and oxygen atoms in total. The molecule has 1 rings (SSSR count). The zero-order chi connectivity index (χ0) is 15.0. The molecule has 1 aromatic rings. The average Bonchev–Trinajstić information content (AvgIpc) is 2.40. The van der Waals surface area contributed by atoms with Gasteiger partial charge in [0.2, 0.25) is 0 Å². The fourth-order valence-electron chi connectivity index (χ4n) is 2.12. The maximum atomic E-state index is 11.8. The molecular weight excluding hydrogens is 254 g/mol. The van der Waals surface area contributed by atoms with E-state index >= 15 is 0 Å². The van der Waals surface area contributed by atoms with Gasteiger partial charge in [-0.3, -0.25) is 4.79 Å². The van der Waals surface area contributed by atoms with Crippen molar-refractivity contribution in [2.45, 2.75) is 25.6 Å². The number of rotatable bonds is 8. The minimum absolute atomic E-state index is 0.0420. The topological polar surface area (TPSA) is 67.6 Å². The number of nitrogens with zero attached hydrogens (tertiary/aromatic N) is 1. The van der Waals surface area contributed by atoms with E-state index in [1.807, 2.05) is 32.2 Å². The van der Waals surface area contributed by atoms with E-state index in [1.54, 1.807) is 0 Å². The average molecular weight is 279 g/mol. The van der Waals surface area contributed by atoms with Gasteiger partial charge < -0.3 is 20.7 Å². The second-order valence-corrected chi connectivity index (χ2v) is 5.05. The molecule has 0 bridgehead atoms. The molecular formula is C15H25N3O2. The van der Waals surface area contributed by atoms with Crippen LogP contribution in [0.3, 0.4) is 0 Å². The van der Waals surface area contributed by atoms with Crippen LogP contribution in [0.4, 0.5) is 0 Å². The number of carbonyl (C=O) groups excluding carboxylic acids is 1. The molecule has 112 valence electrons. The zero-order valence-corrected chi connectivity index (χ0v) is 12.5. The Morgan fingerprint density at radius 1 is 1.40 bits per heavy atom. The van der Waals surface area contributed by atoms with Crippen LogP contribution in [0.25, 0.3) is 0 Å². The summed E-state index contributed by atoms with van der Waals surface area (Å²) in [7, 11) is 3.52. The Balaban J connectivity index is 2.38. The van der Waals surface area contributed by atoms with Gasteiger partial charge in [-0.2, -0.15) is 0 Å². The number of carbonyl (C=O) groups is 1. The van der Waals surface area contributed by atoms with E-state index in [1.165, 1.54) is 12.7 Å². The van der Waals surface area contributed by atoms with E-state index in [0.717, 1.165) is 13.1 Å². The van der Waals surface area contributed by atoms with Crippen LogP contribution in [0.1, 0.15) is 12.5 Å². The van der Waals surface area contributed by atoms with Crippen LogP contribution < -0.4 is 11.1 Å². The Morgan fingerprint density at radius 3 is 2.60 bits per heavy atom. The van der Waals surface area contributed by atoms with E-state index in [-0.39, 0.29) is 18.5 Å². The molecule has 0 saturated carbocycles. The fraction of sp³-hybridized carbons (Fsp3) is 0.533. The normalized spacial score (nSPS) is 14.1. The SMILES string of the molecule is COC(CN)C(=O)NC(C)CN(C)Cc1ccccc1. The van der Waals surface area contributed by atoms with E-state index in [9.17, 15) is 4.79 Å². The lowest BCUT2D eigenvalue weighted by Crippen LogP contribution is -2.47. The first-order chi connectivity index (χ1) is 9.56. The van der Waals surface area contributed by atoms with Crippen LogP contribution in [0.15, 0.2) is 30.3 Å². The molecule has 2 unspecified atom stereocenters. The number of likely N-dealkylation sites (N-methyl/N-ethyl adjacent to an activating group) is 1. The molecule has 5 heteroatoms. The van der Waals surface area contributed by atoms with Gasteiger partial charge in [-0.25, -0.2) is 0 Å². The highest BCUT2D eigenvalue weighted by atomic mass is 16.5. The van der Waals surface area contributed by atoms with Gasteiger partial charge in [0.25, 0.3) is 5.91 Å². The standard InChI is InChI=1S/C15H25N3O2/c1-12(17-15(19)14(9-16)20-3)10-18(2)11-13-7-5-4-6-8-13/h4-8,12,14H,9-11,16H2,1-3H3,(H,17,19). The first-order valence-electron chi connectivity index (χ1n) is 6.82. The molecule has 0 saturated heterocycles. The summed E-state index contributed by atoms with van der Waals surface area (Å²) < 4.78 is 5.01. The molecule has 0 heterocycles. The number of ether oxygens (including phenoxy) is 1. The quantitative estimate of drug-likeness (QED) is 0.731. The molecule has 0 fully saturated rings. The summed E-state index contributed by atoms with van der Waals surface area (Å²) in [4.78, 5) is 14.0. The number of amides is 1. The zero-order valence-electron chi connectivity index (χ0n) is 12.5. The van der Waals surface area contributed by atoms with Crippen LogP contribution in [0, 0.1) is 0 Å². The number of nitrogens with one attached hydrogen (secondary N) is 1. The lowest BCUT2D eigenvalue weighted by Gasteiger charge is -2.23. The Hall–Kier alpha value is -1.43. The summed E-state index contributed by atoms with van der Waals surface area (Å²) in [6.07, 6.45) is -0.572. The van der Waals surface area contributed by atoms with Gasteiger partial charge in [-0.05, 0) is 19.5 Å². The third kappa shape index (κ3) is 5.69. The van der Waals surface area contributed by atoms with Gasteiger partial charge in [0.1, 0.15) is 6.10 Å². The van der Waals surface area contributed by atoms with Crippen molar-refractivity contribution in [2.75, 3.05) is 27.2 Å². The van der Waals surface area contributed by atoms with E-state index in [4.69, 9.17) is 10.5 Å². The molecule has 2 atom stereocenters. The molecule has 0 aliphatic heterocycles. The van der Waals surface area contributed by atoms with E-state index in [0.29, 0.717) is 0 Å². The largest absolute Gasteiger partial charge is 0.370 e. The maximum Gasteiger partial charge on any atom is 0.250 e. The number of nitrogens with two attached hydrogens (primary N) is 1. The highest BCUT2D eigenvalue weighted by Gasteiger charge is 2.18. The molecule has 3 N–H and O–H groups in total. The second-order valence-electron chi connectivity index (χ2n) is 5.05. The van der Waals surface area contributed by atoms with Crippen LogP contribution in [-0.2, 0) is 16.1 Å². The van der Waals surface area contributed by atoms with Gasteiger partial charge in [0, 0.05) is 32.8 Å². The highest BCUT2D eigenvalue weighted by Crippen LogP contribution is 2.03. The predicted molar refractivity (Wildman–Crippen MR) is 80.2 cm³/mol. The van der Waals surface area contributed by atoms with Crippen LogP contribution in [0.5, 0.6) is 0 Å². The van der Waals surface area contributed by atoms with Crippen molar-refractivity contribution in [2.24, 2.45) is 5.73 Å². The Kier molecular flexibility index (Phi) is 7.22. The molecule has 0 aliphatic carbocycles. The molecule has 0 aliphatic rings. The Morgan fingerprint density at radius 2 is 2.05 bits per heavy atom. The van der Waals surface area contributed by atoms with Crippen molar-refractivity contribution >= 4 is 5.91 Å². The van der Waals surface area contributed by atoms with E-state index in [2.05, 4.69) is 22.3 Å². The number of methoxy groups -OCH3 is 1. The summed E-state index contributed by atoms with van der Waals surface area (Å²) in [5.74, 6) is -0.157. The van der Waals surface area contributed by atoms with Gasteiger partial charge in [0.15, 0.2) is 0 Å². The molecule has 0 radical (unpaired) electrons. The third-order valence-electron chi connectivity index (χ3n) is 3.06. The van der Waals surface area contributed by atoms with Crippen molar-refractivity contribution in [1.29, 1.82) is 0 Å². The summed E-state index contributed by atoms with van der Waals surface area (Å²) >= 11 is 0. The van der Waals surface area contributed by atoms with Crippen molar-refractivity contribution in [3.63, 3.8) is 0 Å². The van der Waals surface area contributed by atoms with E-state index < -0.39 is 6.10 Å². The smallest absolute Gasteiger partial charge is 0.250 e. The van der Waals surface area contributed by atoms with Crippen LogP contribution in [0.2, 0.25) is 0 Å². The minimum Gasteiger partial charge on any atom is -0.370 e. The highest BCUT2D eigenvalue weighted by molar-refractivity contribution is 5.81.